The Labute approximate surface area is 133 Å². The Balaban J connectivity index is 2.75. The van der Waals surface area contributed by atoms with Crippen molar-refractivity contribution < 1.29 is 13.7 Å². The molecule has 0 heterocycles. The second-order valence-electron chi connectivity index (χ2n) is 5.79. The summed E-state index contributed by atoms with van der Waals surface area (Å²) < 4.78 is 20.1. The third-order valence-corrected chi connectivity index (χ3v) is 4.15. The summed E-state index contributed by atoms with van der Waals surface area (Å²) in [4.78, 5) is 12.0. The van der Waals surface area contributed by atoms with Gasteiger partial charge in [0.2, 0.25) is 0 Å². The average Bonchev–Trinajstić information content (AvgIpc) is 2.34. The van der Waals surface area contributed by atoms with Gasteiger partial charge in [0, 0.05) is 5.02 Å². The quantitative estimate of drug-likeness (QED) is 0.815. The fourth-order valence-electron chi connectivity index (χ4n) is 1.76. The topological polar surface area (TPSA) is 55.4 Å². The summed E-state index contributed by atoms with van der Waals surface area (Å²) in [6.07, 6.45) is 0. The van der Waals surface area contributed by atoms with Crippen LogP contribution >= 0.6 is 11.6 Å². The van der Waals surface area contributed by atoms with Crippen molar-refractivity contribution in [2.75, 3.05) is 6.61 Å². The van der Waals surface area contributed by atoms with E-state index >= 15 is 0 Å². The van der Waals surface area contributed by atoms with Crippen LogP contribution in [0.1, 0.15) is 33.3 Å². The number of benzene rings is 1. The van der Waals surface area contributed by atoms with Gasteiger partial charge in [0.05, 0.1) is 23.3 Å². The predicted molar refractivity (Wildman–Crippen MR) is 86.3 cm³/mol. The van der Waals surface area contributed by atoms with Gasteiger partial charge in [-0.2, -0.15) is 0 Å². The predicted octanol–water partition coefficient (Wildman–Crippen LogP) is 3.07. The SMILES string of the molecule is CCOC(=O)[C@@H](N[S@@](=O)Cc1cccc(Cl)c1)C(C)(C)C. The zero-order chi connectivity index (χ0) is 16.0. The lowest BCUT2D eigenvalue weighted by molar-refractivity contribution is -0.147. The molecule has 0 radical (unpaired) electrons. The van der Waals surface area contributed by atoms with Crippen LogP contribution in [-0.4, -0.2) is 22.8 Å². The van der Waals surface area contributed by atoms with E-state index in [1.807, 2.05) is 26.8 Å². The molecule has 6 heteroatoms. The Morgan fingerprint density at radius 1 is 1.43 bits per heavy atom. The van der Waals surface area contributed by atoms with Crippen LogP contribution in [0.5, 0.6) is 0 Å². The first-order chi connectivity index (χ1) is 9.74. The van der Waals surface area contributed by atoms with Crippen LogP contribution in [-0.2, 0) is 26.3 Å². The van der Waals surface area contributed by atoms with E-state index in [-0.39, 0.29) is 11.7 Å². The van der Waals surface area contributed by atoms with Gasteiger partial charge in [-0.05, 0) is 30.0 Å². The highest BCUT2D eigenvalue weighted by Crippen LogP contribution is 2.21. The minimum absolute atomic E-state index is 0.284. The highest BCUT2D eigenvalue weighted by Gasteiger charge is 2.33. The summed E-state index contributed by atoms with van der Waals surface area (Å²) in [5, 5.41) is 0.599. The van der Waals surface area contributed by atoms with Crippen molar-refractivity contribution in [2.45, 2.75) is 39.5 Å². The smallest absolute Gasteiger partial charge is 0.324 e. The summed E-state index contributed by atoms with van der Waals surface area (Å²) in [5.74, 6) is -0.101. The molecule has 21 heavy (non-hydrogen) atoms. The Morgan fingerprint density at radius 2 is 2.10 bits per heavy atom. The lowest BCUT2D eigenvalue weighted by atomic mass is 9.87. The molecule has 0 unspecified atom stereocenters. The molecule has 0 aromatic heterocycles. The number of carbonyl (C=O) groups is 1. The molecular formula is C15H22ClNO3S. The molecule has 0 aliphatic rings. The Kier molecular flexibility index (Phi) is 6.84. The molecule has 1 rings (SSSR count). The van der Waals surface area contributed by atoms with Crippen molar-refractivity contribution in [3.8, 4) is 0 Å². The standard InChI is InChI=1S/C15H22ClNO3S/c1-5-20-14(18)13(15(2,3)4)17-21(19)10-11-7-6-8-12(16)9-11/h6-9,13,17H,5,10H2,1-4H3/t13-,21+/m1/s1. The minimum Gasteiger partial charge on any atom is -0.465 e. The number of nitrogens with one attached hydrogen (secondary N) is 1. The molecule has 1 aromatic carbocycles. The van der Waals surface area contributed by atoms with Crippen LogP contribution in [0.25, 0.3) is 0 Å². The molecule has 2 atom stereocenters. The maximum Gasteiger partial charge on any atom is 0.324 e. The fourth-order valence-corrected chi connectivity index (χ4v) is 3.25. The van der Waals surface area contributed by atoms with Gasteiger partial charge in [0.15, 0.2) is 0 Å². The number of esters is 1. The van der Waals surface area contributed by atoms with Gasteiger partial charge in [0.25, 0.3) is 0 Å². The highest BCUT2D eigenvalue weighted by atomic mass is 35.5. The number of ether oxygens (including phenoxy) is 1. The summed E-state index contributed by atoms with van der Waals surface area (Å²) in [6.45, 7) is 7.75. The average molecular weight is 332 g/mol. The molecule has 0 fully saturated rings. The van der Waals surface area contributed by atoms with E-state index in [1.165, 1.54) is 0 Å². The van der Waals surface area contributed by atoms with Crippen LogP contribution < -0.4 is 4.72 Å². The normalized spacial score (nSPS) is 14.5. The molecule has 0 saturated carbocycles. The van der Waals surface area contributed by atoms with Crippen molar-refractivity contribution in [3.05, 3.63) is 34.9 Å². The van der Waals surface area contributed by atoms with Gasteiger partial charge < -0.3 is 4.74 Å². The third-order valence-electron chi connectivity index (χ3n) is 2.82. The van der Waals surface area contributed by atoms with Gasteiger partial charge in [0.1, 0.15) is 6.04 Å². The summed E-state index contributed by atoms with van der Waals surface area (Å²) in [7, 11) is -1.39. The van der Waals surface area contributed by atoms with Crippen LogP contribution in [0.15, 0.2) is 24.3 Å². The lowest BCUT2D eigenvalue weighted by Gasteiger charge is -2.29. The van der Waals surface area contributed by atoms with Crippen molar-refractivity contribution in [3.63, 3.8) is 0 Å². The Morgan fingerprint density at radius 3 is 2.62 bits per heavy atom. The molecule has 0 bridgehead atoms. The van der Waals surface area contributed by atoms with Crippen LogP contribution in [0.4, 0.5) is 0 Å². The van der Waals surface area contributed by atoms with Crippen molar-refractivity contribution in [1.82, 2.24) is 4.72 Å². The van der Waals surface area contributed by atoms with Crippen molar-refractivity contribution in [1.29, 1.82) is 0 Å². The molecule has 0 saturated heterocycles. The lowest BCUT2D eigenvalue weighted by Crippen LogP contribution is -2.48. The van der Waals surface area contributed by atoms with Crippen LogP contribution in [0, 0.1) is 5.41 Å². The molecular weight excluding hydrogens is 310 g/mol. The number of rotatable bonds is 6. The van der Waals surface area contributed by atoms with Crippen molar-refractivity contribution >= 4 is 28.6 Å². The Hall–Kier alpha value is -0.910. The molecule has 1 N–H and O–H groups in total. The molecule has 0 aliphatic carbocycles. The van der Waals surface area contributed by atoms with Crippen LogP contribution in [0.3, 0.4) is 0 Å². The monoisotopic (exact) mass is 331 g/mol. The van der Waals surface area contributed by atoms with Gasteiger partial charge in [-0.1, -0.05) is 44.5 Å². The number of hydrogen-bond donors (Lipinski definition) is 1. The van der Waals surface area contributed by atoms with E-state index < -0.39 is 22.4 Å². The number of halogens is 1. The second kappa shape index (κ2) is 7.92. The van der Waals surface area contributed by atoms with Gasteiger partial charge in [-0.15, -0.1) is 0 Å². The zero-order valence-corrected chi connectivity index (χ0v) is 14.4. The van der Waals surface area contributed by atoms with Gasteiger partial charge >= 0.3 is 5.97 Å². The third kappa shape index (κ3) is 6.16. The van der Waals surface area contributed by atoms with Gasteiger partial charge in [-0.3, -0.25) is 4.79 Å². The second-order valence-corrected chi connectivity index (χ2v) is 7.44. The highest BCUT2D eigenvalue weighted by molar-refractivity contribution is 7.82. The maximum absolute atomic E-state index is 12.2. The van der Waals surface area contributed by atoms with E-state index in [9.17, 15) is 9.00 Å². The molecule has 1 aromatic rings. The van der Waals surface area contributed by atoms with E-state index in [4.69, 9.17) is 16.3 Å². The largest absolute Gasteiger partial charge is 0.465 e. The van der Waals surface area contributed by atoms with Gasteiger partial charge in [-0.25, -0.2) is 8.93 Å². The summed E-state index contributed by atoms with van der Waals surface area (Å²) in [6, 6.07) is 6.55. The summed E-state index contributed by atoms with van der Waals surface area (Å²) in [5.41, 5.74) is 0.459. The zero-order valence-electron chi connectivity index (χ0n) is 12.8. The van der Waals surface area contributed by atoms with E-state index in [1.54, 1.807) is 25.1 Å². The first-order valence-electron chi connectivity index (χ1n) is 6.79. The van der Waals surface area contributed by atoms with Crippen LogP contribution in [0.2, 0.25) is 5.02 Å². The first-order valence-corrected chi connectivity index (χ1v) is 8.49. The van der Waals surface area contributed by atoms with E-state index in [2.05, 4.69) is 4.72 Å². The number of carbonyl (C=O) groups excluding carboxylic acids is 1. The molecule has 0 spiro atoms. The summed E-state index contributed by atoms with van der Waals surface area (Å²) >= 11 is 5.90. The minimum atomic E-state index is -1.39. The van der Waals surface area contributed by atoms with E-state index in [0.717, 1.165) is 5.56 Å². The number of hydrogen-bond acceptors (Lipinski definition) is 3. The maximum atomic E-state index is 12.2. The molecule has 0 aliphatic heterocycles. The Bertz CT molecular complexity index is 514. The van der Waals surface area contributed by atoms with E-state index in [0.29, 0.717) is 11.6 Å². The first kappa shape index (κ1) is 18.1. The fraction of sp³-hybridized carbons (Fsp3) is 0.533. The van der Waals surface area contributed by atoms with Crippen molar-refractivity contribution in [2.24, 2.45) is 5.41 Å². The molecule has 4 nitrogen and oxygen atoms in total. The molecule has 0 amide bonds. The molecule has 118 valence electrons.